The van der Waals surface area contributed by atoms with Crippen molar-refractivity contribution in [1.29, 1.82) is 0 Å². The molecule has 0 saturated carbocycles. The predicted octanol–water partition coefficient (Wildman–Crippen LogP) is 2.09. The summed E-state index contributed by atoms with van der Waals surface area (Å²) < 4.78 is 48.2. The Hall–Kier alpha value is -1.99. The molecule has 0 aliphatic heterocycles. The van der Waals surface area contributed by atoms with E-state index < -0.39 is 24.6 Å². The lowest BCUT2D eigenvalue weighted by atomic mass is 10.3. The number of nitrogen functional groups attached to an aromatic ring is 1. The van der Waals surface area contributed by atoms with Crippen molar-refractivity contribution in [3.05, 3.63) is 24.0 Å². The van der Waals surface area contributed by atoms with Gasteiger partial charge < -0.3 is 16.4 Å². The van der Waals surface area contributed by atoms with Crippen LogP contribution in [0, 0.1) is 5.82 Å². The number of amides is 2. The molecule has 2 amide bonds. The number of nitrogens with two attached hydrogens (primary N) is 1. The summed E-state index contributed by atoms with van der Waals surface area (Å²) in [6.45, 7) is -1.46. The number of urea groups is 1. The van der Waals surface area contributed by atoms with Crippen LogP contribution in [0.15, 0.2) is 18.2 Å². The van der Waals surface area contributed by atoms with Gasteiger partial charge in [0.05, 0.1) is 5.69 Å². The van der Waals surface area contributed by atoms with Crippen LogP contribution in [-0.2, 0) is 0 Å². The van der Waals surface area contributed by atoms with Crippen molar-refractivity contribution >= 4 is 17.4 Å². The second-order valence-electron chi connectivity index (χ2n) is 3.16. The van der Waals surface area contributed by atoms with Crippen LogP contribution in [0.25, 0.3) is 0 Å². The van der Waals surface area contributed by atoms with Gasteiger partial charge in [0.2, 0.25) is 0 Å². The molecule has 1 aromatic carbocycles. The molecule has 1 rings (SSSR count). The molecule has 0 bridgehead atoms. The average Bonchev–Trinajstić information content (AvgIpc) is 2.20. The van der Waals surface area contributed by atoms with Crippen LogP contribution in [0.1, 0.15) is 0 Å². The molecule has 4 N–H and O–H groups in total. The maximum atomic E-state index is 12.9. The fourth-order valence-corrected chi connectivity index (χ4v) is 0.961. The SMILES string of the molecule is Nc1ccc(NC(=O)NCC(F)(F)F)cc1F. The number of hydrogen-bond acceptors (Lipinski definition) is 2. The van der Waals surface area contributed by atoms with Crippen molar-refractivity contribution in [3.8, 4) is 0 Å². The van der Waals surface area contributed by atoms with E-state index in [9.17, 15) is 22.4 Å². The number of halogens is 4. The van der Waals surface area contributed by atoms with E-state index in [4.69, 9.17) is 5.73 Å². The van der Waals surface area contributed by atoms with Crippen molar-refractivity contribution in [2.75, 3.05) is 17.6 Å². The molecule has 0 saturated heterocycles. The van der Waals surface area contributed by atoms with Gasteiger partial charge in [-0.05, 0) is 18.2 Å². The third-order valence-corrected chi connectivity index (χ3v) is 1.71. The highest BCUT2D eigenvalue weighted by molar-refractivity contribution is 5.89. The van der Waals surface area contributed by atoms with E-state index in [1.807, 2.05) is 5.32 Å². The molecule has 0 aliphatic rings. The molecule has 0 spiro atoms. The van der Waals surface area contributed by atoms with Crippen molar-refractivity contribution < 1.29 is 22.4 Å². The number of carbonyl (C=O) groups excluding carboxylic acids is 1. The van der Waals surface area contributed by atoms with E-state index in [1.54, 1.807) is 5.32 Å². The Morgan fingerprint density at radius 2 is 2.00 bits per heavy atom. The Balaban J connectivity index is 2.54. The van der Waals surface area contributed by atoms with E-state index in [1.165, 1.54) is 12.1 Å². The minimum atomic E-state index is -4.50. The number of anilines is 2. The number of hydrogen-bond donors (Lipinski definition) is 3. The Morgan fingerprint density at radius 3 is 2.53 bits per heavy atom. The van der Waals surface area contributed by atoms with Crippen LogP contribution >= 0.6 is 0 Å². The highest BCUT2D eigenvalue weighted by atomic mass is 19.4. The summed E-state index contributed by atoms with van der Waals surface area (Å²) >= 11 is 0. The lowest BCUT2D eigenvalue weighted by Crippen LogP contribution is -2.36. The van der Waals surface area contributed by atoms with Gasteiger partial charge in [0.25, 0.3) is 0 Å². The largest absolute Gasteiger partial charge is 0.405 e. The van der Waals surface area contributed by atoms with Gasteiger partial charge >= 0.3 is 12.2 Å². The topological polar surface area (TPSA) is 67.1 Å². The van der Waals surface area contributed by atoms with Crippen molar-refractivity contribution in [2.24, 2.45) is 0 Å². The first kappa shape index (κ1) is 13.1. The molecule has 1 aromatic rings. The quantitative estimate of drug-likeness (QED) is 0.556. The monoisotopic (exact) mass is 251 g/mol. The Bertz CT molecular complexity index is 419. The Kier molecular flexibility index (Phi) is 3.77. The third kappa shape index (κ3) is 4.58. The summed E-state index contributed by atoms with van der Waals surface area (Å²) in [5.41, 5.74) is 5.07. The molecule has 0 atom stereocenters. The van der Waals surface area contributed by atoms with Gasteiger partial charge in [0, 0.05) is 5.69 Å². The fraction of sp³-hybridized carbons (Fsp3) is 0.222. The fourth-order valence-electron chi connectivity index (χ4n) is 0.961. The van der Waals surface area contributed by atoms with Crippen LogP contribution in [0.2, 0.25) is 0 Å². The summed E-state index contributed by atoms with van der Waals surface area (Å²) in [4.78, 5) is 11.0. The molecule has 4 nitrogen and oxygen atoms in total. The zero-order valence-electron chi connectivity index (χ0n) is 8.44. The third-order valence-electron chi connectivity index (χ3n) is 1.71. The predicted molar refractivity (Wildman–Crippen MR) is 53.9 cm³/mol. The molecule has 0 unspecified atom stereocenters. The lowest BCUT2D eigenvalue weighted by Gasteiger charge is -2.10. The molecule has 0 aromatic heterocycles. The first-order valence-electron chi connectivity index (χ1n) is 4.44. The van der Waals surface area contributed by atoms with E-state index in [0.717, 1.165) is 6.07 Å². The number of alkyl halides is 3. The molecule has 0 fully saturated rings. The van der Waals surface area contributed by atoms with Crippen LogP contribution < -0.4 is 16.4 Å². The zero-order chi connectivity index (χ0) is 13.1. The van der Waals surface area contributed by atoms with E-state index in [0.29, 0.717) is 0 Å². The standard InChI is InChI=1S/C9H9F4N3O/c10-6-3-5(1-2-7(6)14)16-8(17)15-4-9(11,12)13/h1-3H,4,14H2,(H2,15,16,17). The maximum absolute atomic E-state index is 12.9. The smallest absolute Gasteiger partial charge is 0.396 e. The van der Waals surface area contributed by atoms with E-state index in [-0.39, 0.29) is 11.4 Å². The summed E-state index contributed by atoms with van der Waals surface area (Å²) in [7, 11) is 0. The van der Waals surface area contributed by atoms with Crippen LogP contribution in [0.3, 0.4) is 0 Å². The number of benzene rings is 1. The van der Waals surface area contributed by atoms with Gasteiger partial charge in [-0.3, -0.25) is 0 Å². The van der Waals surface area contributed by atoms with E-state index >= 15 is 0 Å². The zero-order valence-corrected chi connectivity index (χ0v) is 8.44. The Labute approximate surface area is 93.8 Å². The van der Waals surface area contributed by atoms with Gasteiger partial charge in [-0.15, -0.1) is 0 Å². The van der Waals surface area contributed by atoms with Crippen LogP contribution in [-0.4, -0.2) is 18.8 Å². The normalized spacial score (nSPS) is 11.1. The summed E-state index contributed by atoms with van der Waals surface area (Å²) in [5, 5.41) is 3.61. The van der Waals surface area contributed by atoms with Gasteiger partial charge in [-0.1, -0.05) is 0 Å². The summed E-state index contributed by atoms with van der Waals surface area (Å²) in [5.74, 6) is -0.765. The van der Waals surface area contributed by atoms with Crippen LogP contribution in [0.5, 0.6) is 0 Å². The van der Waals surface area contributed by atoms with Gasteiger partial charge in [-0.25, -0.2) is 9.18 Å². The molecule has 0 heterocycles. The number of carbonyl (C=O) groups is 1. The molecule has 8 heteroatoms. The maximum Gasteiger partial charge on any atom is 0.405 e. The molecular weight excluding hydrogens is 242 g/mol. The van der Waals surface area contributed by atoms with Crippen molar-refractivity contribution in [3.63, 3.8) is 0 Å². The molecular formula is C9H9F4N3O. The summed E-state index contributed by atoms with van der Waals surface area (Å²) in [6.07, 6.45) is -4.50. The van der Waals surface area contributed by atoms with Gasteiger partial charge in [0.1, 0.15) is 12.4 Å². The average molecular weight is 251 g/mol. The highest BCUT2D eigenvalue weighted by Gasteiger charge is 2.27. The first-order chi connectivity index (χ1) is 7.78. The lowest BCUT2D eigenvalue weighted by molar-refractivity contribution is -0.122. The molecule has 94 valence electrons. The van der Waals surface area contributed by atoms with Gasteiger partial charge in [0.15, 0.2) is 0 Å². The van der Waals surface area contributed by atoms with Crippen molar-refractivity contribution in [2.45, 2.75) is 6.18 Å². The molecule has 0 radical (unpaired) electrons. The van der Waals surface area contributed by atoms with Crippen molar-refractivity contribution in [1.82, 2.24) is 5.32 Å². The summed E-state index contributed by atoms with van der Waals surface area (Å²) in [6, 6.07) is 2.29. The number of nitrogens with one attached hydrogen (secondary N) is 2. The van der Waals surface area contributed by atoms with Crippen LogP contribution in [0.4, 0.5) is 33.7 Å². The Morgan fingerprint density at radius 1 is 1.35 bits per heavy atom. The second kappa shape index (κ2) is 4.89. The number of rotatable bonds is 2. The molecule has 17 heavy (non-hydrogen) atoms. The second-order valence-corrected chi connectivity index (χ2v) is 3.16. The first-order valence-corrected chi connectivity index (χ1v) is 4.44. The van der Waals surface area contributed by atoms with Gasteiger partial charge in [-0.2, -0.15) is 13.2 Å². The minimum Gasteiger partial charge on any atom is -0.396 e. The van der Waals surface area contributed by atoms with E-state index in [2.05, 4.69) is 0 Å². The highest BCUT2D eigenvalue weighted by Crippen LogP contribution is 2.16. The molecule has 0 aliphatic carbocycles. The minimum absolute atomic E-state index is 0.0105.